The van der Waals surface area contributed by atoms with E-state index in [4.69, 9.17) is 5.73 Å². The molecule has 1 aromatic heterocycles. The Bertz CT molecular complexity index is 533. The maximum absolute atomic E-state index is 11.8. The van der Waals surface area contributed by atoms with Crippen molar-refractivity contribution in [2.45, 2.75) is 19.9 Å². The molecule has 2 unspecified atom stereocenters. The Morgan fingerprint density at radius 1 is 1.35 bits per heavy atom. The fraction of sp³-hybridized carbons (Fsp3) is 0.364. The van der Waals surface area contributed by atoms with Crippen LogP contribution in [0.25, 0.3) is 11.0 Å². The van der Waals surface area contributed by atoms with Crippen molar-refractivity contribution < 1.29 is 4.79 Å². The van der Waals surface area contributed by atoms with Crippen molar-refractivity contribution in [3.8, 4) is 0 Å². The van der Waals surface area contributed by atoms with Gasteiger partial charge in [0.2, 0.25) is 5.91 Å². The lowest BCUT2D eigenvalue weighted by molar-refractivity contribution is -0.119. The number of nitrogens with two attached hydrogens (primary N) is 1. The number of amides is 1. The molecule has 4 N–H and O–H groups in total. The van der Waals surface area contributed by atoms with E-state index in [0.717, 1.165) is 11.0 Å². The summed E-state index contributed by atoms with van der Waals surface area (Å²) in [6, 6.07) is 5.18. The van der Waals surface area contributed by atoms with Gasteiger partial charge in [-0.3, -0.25) is 4.79 Å². The summed E-state index contributed by atoms with van der Waals surface area (Å²) in [6.45, 7) is 3.61. The molecule has 0 bridgehead atoms. The molecule has 6 nitrogen and oxygen atoms in total. The van der Waals surface area contributed by atoms with Crippen LogP contribution in [0.1, 0.15) is 13.8 Å². The normalized spacial score (nSPS) is 14.5. The van der Waals surface area contributed by atoms with Crippen molar-refractivity contribution in [2.24, 2.45) is 11.7 Å². The maximum atomic E-state index is 11.8. The van der Waals surface area contributed by atoms with Gasteiger partial charge in [0.05, 0.1) is 5.92 Å². The molecule has 6 heteroatoms. The Morgan fingerprint density at radius 2 is 2.06 bits per heavy atom. The summed E-state index contributed by atoms with van der Waals surface area (Å²) < 4.78 is 0. The molecular formula is C11H15N5O. The third kappa shape index (κ3) is 2.42. The van der Waals surface area contributed by atoms with Gasteiger partial charge in [0.15, 0.2) is 0 Å². The number of nitrogens with zero attached hydrogens (tertiary/aromatic N) is 2. The second kappa shape index (κ2) is 4.50. The highest BCUT2D eigenvalue weighted by Crippen LogP contribution is 2.15. The third-order valence-electron chi connectivity index (χ3n) is 2.79. The van der Waals surface area contributed by atoms with E-state index in [-0.39, 0.29) is 17.9 Å². The first kappa shape index (κ1) is 11.5. The van der Waals surface area contributed by atoms with Gasteiger partial charge in [-0.1, -0.05) is 6.92 Å². The number of carbonyl (C=O) groups is 1. The highest BCUT2D eigenvalue weighted by atomic mass is 16.1. The summed E-state index contributed by atoms with van der Waals surface area (Å²) in [5.41, 5.74) is 7.86. The Labute approximate surface area is 98.6 Å². The fourth-order valence-corrected chi connectivity index (χ4v) is 1.41. The molecule has 2 rings (SSSR count). The highest BCUT2D eigenvalue weighted by Gasteiger charge is 2.17. The third-order valence-corrected chi connectivity index (χ3v) is 2.79. The first-order chi connectivity index (χ1) is 8.08. The average Bonchev–Trinajstić information content (AvgIpc) is 2.74. The lowest BCUT2D eigenvalue weighted by Crippen LogP contribution is -2.34. The van der Waals surface area contributed by atoms with Crippen molar-refractivity contribution in [3.05, 3.63) is 18.2 Å². The van der Waals surface area contributed by atoms with Crippen LogP contribution in [0.15, 0.2) is 18.2 Å². The lowest BCUT2D eigenvalue weighted by atomic mass is 10.0. The predicted octanol–water partition coefficient (Wildman–Crippen LogP) is 0.880. The van der Waals surface area contributed by atoms with Gasteiger partial charge in [0.25, 0.3) is 0 Å². The van der Waals surface area contributed by atoms with Gasteiger partial charge in [-0.15, -0.1) is 0 Å². The van der Waals surface area contributed by atoms with Gasteiger partial charge in [0.1, 0.15) is 11.0 Å². The lowest BCUT2D eigenvalue weighted by Gasteiger charge is -2.15. The van der Waals surface area contributed by atoms with Crippen LogP contribution in [0, 0.1) is 5.92 Å². The topological polar surface area (TPSA) is 96.7 Å². The largest absolute Gasteiger partial charge is 0.327 e. The van der Waals surface area contributed by atoms with Gasteiger partial charge < -0.3 is 11.1 Å². The van der Waals surface area contributed by atoms with Crippen molar-refractivity contribution in [1.82, 2.24) is 15.4 Å². The van der Waals surface area contributed by atoms with E-state index in [0.29, 0.717) is 5.69 Å². The van der Waals surface area contributed by atoms with Gasteiger partial charge in [-0.25, -0.2) is 0 Å². The number of carbonyl (C=O) groups excluding carboxylic acids is 1. The molecule has 0 saturated carbocycles. The number of hydrogen-bond acceptors (Lipinski definition) is 4. The zero-order valence-corrected chi connectivity index (χ0v) is 9.77. The minimum Gasteiger partial charge on any atom is -0.327 e. The minimum atomic E-state index is -0.233. The van der Waals surface area contributed by atoms with E-state index in [9.17, 15) is 4.79 Å². The molecule has 17 heavy (non-hydrogen) atoms. The molecule has 0 aliphatic rings. The Balaban J connectivity index is 2.15. The smallest absolute Gasteiger partial charge is 0.228 e. The summed E-state index contributed by atoms with van der Waals surface area (Å²) in [5, 5.41) is 13.2. The number of H-pyrrole nitrogens is 1. The summed E-state index contributed by atoms with van der Waals surface area (Å²) in [5.74, 6) is -0.328. The van der Waals surface area contributed by atoms with E-state index in [1.165, 1.54) is 0 Å². The van der Waals surface area contributed by atoms with Crippen molar-refractivity contribution in [2.75, 3.05) is 5.32 Å². The minimum absolute atomic E-state index is 0.0946. The number of fused-ring (bicyclic) bond motifs is 1. The number of aromatic amines is 1. The van der Waals surface area contributed by atoms with E-state index in [2.05, 4.69) is 20.7 Å². The summed E-state index contributed by atoms with van der Waals surface area (Å²) in [7, 11) is 0. The molecule has 90 valence electrons. The number of hydrogen-bond donors (Lipinski definition) is 3. The van der Waals surface area contributed by atoms with Crippen LogP contribution in [0.3, 0.4) is 0 Å². The molecule has 0 aliphatic carbocycles. The molecule has 1 heterocycles. The molecule has 0 saturated heterocycles. The van der Waals surface area contributed by atoms with Crippen LogP contribution >= 0.6 is 0 Å². The zero-order valence-electron chi connectivity index (χ0n) is 9.77. The quantitative estimate of drug-likeness (QED) is 0.733. The van der Waals surface area contributed by atoms with Crippen LogP contribution in [-0.2, 0) is 4.79 Å². The van der Waals surface area contributed by atoms with E-state index in [1.807, 2.05) is 6.92 Å². The second-order valence-corrected chi connectivity index (χ2v) is 4.16. The number of benzene rings is 1. The Hall–Kier alpha value is -1.95. The van der Waals surface area contributed by atoms with Crippen molar-refractivity contribution in [3.63, 3.8) is 0 Å². The molecule has 0 radical (unpaired) electrons. The molecule has 0 fully saturated rings. The fourth-order valence-electron chi connectivity index (χ4n) is 1.41. The number of anilines is 1. The van der Waals surface area contributed by atoms with Crippen molar-refractivity contribution in [1.29, 1.82) is 0 Å². The molecular weight excluding hydrogens is 218 g/mol. The van der Waals surface area contributed by atoms with Gasteiger partial charge in [-0.2, -0.15) is 15.4 Å². The summed E-state index contributed by atoms with van der Waals surface area (Å²) in [6.07, 6.45) is 0. The molecule has 0 aliphatic heterocycles. The van der Waals surface area contributed by atoms with Crippen molar-refractivity contribution >= 4 is 22.6 Å². The Morgan fingerprint density at radius 3 is 2.76 bits per heavy atom. The van der Waals surface area contributed by atoms with Crippen LogP contribution in [0.4, 0.5) is 5.69 Å². The monoisotopic (exact) mass is 233 g/mol. The van der Waals surface area contributed by atoms with Crippen LogP contribution < -0.4 is 11.1 Å². The van der Waals surface area contributed by atoms with Crippen LogP contribution in [-0.4, -0.2) is 27.4 Å². The molecule has 1 amide bonds. The van der Waals surface area contributed by atoms with Gasteiger partial charge in [-0.05, 0) is 25.1 Å². The van der Waals surface area contributed by atoms with E-state index in [1.54, 1.807) is 25.1 Å². The summed E-state index contributed by atoms with van der Waals surface area (Å²) in [4.78, 5) is 11.8. The molecule has 0 spiro atoms. The molecule has 2 aromatic rings. The highest BCUT2D eigenvalue weighted by molar-refractivity contribution is 5.94. The first-order valence-electron chi connectivity index (χ1n) is 5.45. The van der Waals surface area contributed by atoms with E-state index >= 15 is 0 Å². The van der Waals surface area contributed by atoms with Gasteiger partial charge in [0, 0.05) is 11.7 Å². The Kier molecular flexibility index (Phi) is 3.06. The predicted molar refractivity (Wildman–Crippen MR) is 65.3 cm³/mol. The maximum Gasteiger partial charge on any atom is 0.228 e. The first-order valence-corrected chi connectivity index (χ1v) is 5.45. The SMILES string of the molecule is CC(N)C(C)C(=O)Nc1ccc2n[nH]nc2c1. The number of nitrogens with one attached hydrogen (secondary N) is 2. The number of rotatable bonds is 3. The van der Waals surface area contributed by atoms with Crippen LogP contribution in [0.5, 0.6) is 0 Å². The second-order valence-electron chi connectivity index (χ2n) is 4.16. The standard InChI is InChI=1S/C11H15N5O/c1-6(7(2)12)11(17)13-8-3-4-9-10(5-8)15-16-14-9/h3-7H,12H2,1-2H3,(H,13,17)(H,14,15,16). The van der Waals surface area contributed by atoms with Gasteiger partial charge >= 0.3 is 0 Å². The summed E-state index contributed by atoms with van der Waals surface area (Å²) >= 11 is 0. The number of aromatic nitrogens is 3. The molecule has 2 atom stereocenters. The zero-order chi connectivity index (χ0) is 12.4. The van der Waals surface area contributed by atoms with E-state index < -0.39 is 0 Å². The average molecular weight is 233 g/mol. The van der Waals surface area contributed by atoms with Crippen LogP contribution in [0.2, 0.25) is 0 Å². The molecule has 1 aromatic carbocycles.